The molecule has 2 aliphatic heterocycles. The van der Waals surface area contributed by atoms with Crippen LogP contribution in [0.3, 0.4) is 0 Å². The quantitative estimate of drug-likeness (QED) is 0.539. The van der Waals surface area contributed by atoms with Gasteiger partial charge in [-0.05, 0) is 81.2 Å². The minimum absolute atomic E-state index is 0.000577. The highest BCUT2D eigenvalue weighted by Crippen LogP contribution is 2.47. The summed E-state index contributed by atoms with van der Waals surface area (Å²) >= 11 is 0. The maximum absolute atomic E-state index is 14.3. The van der Waals surface area contributed by atoms with E-state index in [0.29, 0.717) is 12.1 Å². The summed E-state index contributed by atoms with van der Waals surface area (Å²) in [6.45, 7) is 7.55. The van der Waals surface area contributed by atoms with E-state index in [1.807, 2.05) is 36.1 Å². The number of fused-ring (bicyclic) bond motifs is 2. The van der Waals surface area contributed by atoms with Gasteiger partial charge in [-0.2, -0.15) is 0 Å². The lowest BCUT2D eigenvalue weighted by Gasteiger charge is -2.40. The van der Waals surface area contributed by atoms with E-state index in [-0.39, 0.29) is 17.1 Å². The predicted octanol–water partition coefficient (Wildman–Crippen LogP) is 5.64. The third-order valence-electron chi connectivity index (χ3n) is 7.09. The molecule has 5 rings (SSSR count). The number of halogens is 1. The Bertz CT molecular complexity index is 1160. The Kier molecular flexibility index (Phi) is 5.34. The number of carbonyl (C=O) groups excluding carboxylic acids is 1. The fourth-order valence-electron chi connectivity index (χ4n) is 5.39. The van der Waals surface area contributed by atoms with Gasteiger partial charge in [0.2, 0.25) is 0 Å². The molecule has 3 aromatic carbocycles. The monoisotopic (exact) mass is 428 g/mol. The summed E-state index contributed by atoms with van der Waals surface area (Å²) in [6, 6.07) is 21.3. The van der Waals surface area contributed by atoms with Gasteiger partial charge in [-0.15, -0.1) is 0 Å². The molecule has 0 aliphatic carbocycles. The Morgan fingerprint density at radius 2 is 1.66 bits per heavy atom. The van der Waals surface area contributed by atoms with Gasteiger partial charge in [0.25, 0.3) is 5.91 Å². The van der Waals surface area contributed by atoms with E-state index < -0.39 is 0 Å². The number of hydrogen-bond acceptors (Lipinski definition) is 2. The highest BCUT2D eigenvalue weighted by atomic mass is 19.1. The van der Waals surface area contributed by atoms with Crippen LogP contribution in [0.1, 0.15) is 45.5 Å². The van der Waals surface area contributed by atoms with E-state index in [4.69, 9.17) is 0 Å². The normalized spacial score (nSPS) is 17.5. The predicted molar refractivity (Wildman–Crippen MR) is 127 cm³/mol. The first-order valence-corrected chi connectivity index (χ1v) is 11.4. The molecule has 2 aliphatic rings. The van der Waals surface area contributed by atoms with Crippen LogP contribution in [0.5, 0.6) is 0 Å². The number of nitrogens with zero attached hydrogens (tertiary/aromatic N) is 2. The average Bonchev–Trinajstić information content (AvgIpc) is 3.08. The molecular weight excluding hydrogens is 399 g/mol. The summed E-state index contributed by atoms with van der Waals surface area (Å²) in [5.74, 6) is -0.226. The lowest BCUT2D eigenvalue weighted by molar-refractivity contribution is 0.0975. The zero-order chi connectivity index (χ0) is 22.3. The van der Waals surface area contributed by atoms with Crippen molar-refractivity contribution in [3.63, 3.8) is 0 Å². The van der Waals surface area contributed by atoms with Crippen LogP contribution in [0.2, 0.25) is 0 Å². The van der Waals surface area contributed by atoms with Crippen LogP contribution < -0.4 is 4.90 Å². The molecule has 3 aromatic rings. The topological polar surface area (TPSA) is 23.6 Å². The Labute approximate surface area is 189 Å². The number of hydrogen-bond donors (Lipinski definition) is 0. The summed E-state index contributed by atoms with van der Waals surface area (Å²) < 4.78 is 14.3. The fourth-order valence-corrected chi connectivity index (χ4v) is 5.39. The van der Waals surface area contributed by atoms with Crippen molar-refractivity contribution in [2.45, 2.75) is 38.6 Å². The minimum atomic E-state index is -0.227. The second kappa shape index (κ2) is 8.18. The van der Waals surface area contributed by atoms with Gasteiger partial charge in [-0.3, -0.25) is 9.69 Å². The molecule has 1 amide bonds. The molecule has 1 saturated heterocycles. The van der Waals surface area contributed by atoms with Crippen molar-refractivity contribution >= 4 is 11.6 Å². The molecule has 3 nitrogen and oxygen atoms in total. The lowest BCUT2D eigenvalue weighted by atomic mass is 9.74. The summed E-state index contributed by atoms with van der Waals surface area (Å²) in [7, 11) is 0. The number of benzene rings is 3. The summed E-state index contributed by atoms with van der Waals surface area (Å²) in [6.07, 6.45) is 1.85. The number of amides is 1. The second-order valence-corrected chi connectivity index (χ2v) is 9.47. The number of likely N-dealkylation sites (tertiary alicyclic amines) is 1. The van der Waals surface area contributed by atoms with Crippen molar-refractivity contribution in [1.82, 2.24) is 4.90 Å². The molecule has 0 bridgehead atoms. The molecule has 0 saturated carbocycles. The Balaban J connectivity index is 1.39. The summed E-state index contributed by atoms with van der Waals surface area (Å²) in [5, 5.41) is 0. The highest BCUT2D eigenvalue weighted by Gasteiger charge is 2.46. The van der Waals surface area contributed by atoms with E-state index in [1.165, 1.54) is 17.2 Å². The maximum Gasteiger partial charge on any atom is 0.258 e. The number of piperidine rings is 1. The van der Waals surface area contributed by atoms with Gasteiger partial charge < -0.3 is 4.90 Å². The van der Waals surface area contributed by atoms with Crippen LogP contribution in [0.4, 0.5) is 10.1 Å². The molecule has 4 heteroatoms. The van der Waals surface area contributed by atoms with Gasteiger partial charge in [0.15, 0.2) is 0 Å². The van der Waals surface area contributed by atoms with E-state index >= 15 is 0 Å². The van der Waals surface area contributed by atoms with Gasteiger partial charge >= 0.3 is 0 Å². The number of carbonyl (C=O) groups is 1. The van der Waals surface area contributed by atoms with Gasteiger partial charge in [0.1, 0.15) is 5.82 Å². The van der Waals surface area contributed by atoms with E-state index in [1.54, 1.807) is 12.1 Å². The first kappa shape index (κ1) is 20.9. The van der Waals surface area contributed by atoms with Crippen molar-refractivity contribution in [1.29, 1.82) is 0 Å². The molecule has 0 atom stereocenters. The molecule has 1 spiro atoms. The van der Waals surface area contributed by atoms with Crippen LogP contribution in [-0.4, -0.2) is 30.4 Å². The SMILES string of the molecule is Cc1cccc(CN2CCC3(CC2)CN(C(=O)c2cccc(C)c2)c2ccc(F)cc23)c1. The van der Waals surface area contributed by atoms with Crippen LogP contribution in [0.15, 0.2) is 66.7 Å². The van der Waals surface area contributed by atoms with Crippen molar-refractivity contribution in [3.05, 3.63) is 100 Å². The molecule has 0 N–H and O–H groups in total. The van der Waals surface area contributed by atoms with Crippen LogP contribution in [0, 0.1) is 19.7 Å². The van der Waals surface area contributed by atoms with E-state index in [2.05, 4.69) is 36.1 Å². The number of aryl methyl sites for hydroxylation is 2. The van der Waals surface area contributed by atoms with Crippen molar-refractivity contribution in [2.75, 3.05) is 24.5 Å². The largest absolute Gasteiger partial charge is 0.307 e. The fraction of sp³-hybridized carbons (Fsp3) is 0.321. The first-order chi connectivity index (χ1) is 15.4. The van der Waals surface area contributed by atoms with Gasteiger partial charge in [-0.1, -0.05) is 47.5 Å². The van der Waals surface area contributed by atoms with Gasteiger partial charge in [-0.25, -0.2) is 4.39 Å². The molecule has 164 valence electrons. The van der Waals surface area contributed by atoms with Crippen molar-refractivity contribution < 1.29 is 9.18 Å². The van der Waals surface area contributed by atoms with Crippen molar-refractivity contribution in [3.8, 4) is 0 Å². The molecule has 0 aromatic heterocycles. The Morgan fingerprint density at radius 1 is 0.938 bits per heavy atom. The van der Waals surface area contributed by atoms with Crippen LogP contribution in [0.25, 0.3) is 0 Å². The molecule has 2 heterocycles. The number of anilines is 1. The molecule has 0 radical (unpaired) electrons. The van der Waals surface area contributed by atoms with Gasteiger partial charge in [0.05, 0.1) is 0 Å². The Morgan fingerprint density at radius 3 is 2.38 bits per heavy atom. The van der Waals surface area contributed by atoms with Crippen molar-refractivity contribution in [2.24, 2.45) is 0 Å². The standard InChI is InChI=1S/C28H29FN2O/c1-20-5-3-7-22(15-20)18-30-13-11-28(12-14-30)19-31(26-10-9-24(29)17-25(26)28)27(32)23-8-4-6-21(2)16-23/h3-10,15-17H,11-14,18-19H2,1-2H3. The molecule has 1 fully saturated rings. The van der Waals surface area contributed by atoms with Crippen LogP contribution >= 0.6 is 0 Å². The lowest BCUT2D eigenvalue weighted by Crippen LogP contribution is -2.45. The molecule has 0 unspecified atom stereocenters. The smallest absolute Gasteiger partial charge is 0.258 e. The van der Waals surface area contributed by atoms with Crippen LogP contribution in [-0.2, 0) is 12.0 Å². The van der Waals surface area contributed by atoms with E-state index in [9.17, 15) is 9.18 Å². The summed E-state index contributed by atoms with van der Waals surface area (Å²) in [5.41, 5.74) is 6.04. The molecular formula is C28H29FN2O. The minimum Gasteiger partial charge on any atom is -0.307 e. The third-order valence-corrected chi connectivity index (χ3v) is 7.09. The highest BCUT2D eigenvalue weighted by molar-refractivity contribution is 6.07. The zero-order valence-electron chi connectivity index (χ0n) is 18.8. The van der Waals surface area contributed by atoms with Gasteiger partial charge in [0, 0.05) is 29.8 Å². The zero-order valence-corrected chi connectivity index (χ0v) is 18.8. The maximum atomic E-state index is 14.3. The third kappa shape index (κ3) is 3.84. The average molecular weight is 429 g/mol. The van der Waals surface area contributed by atoms with E-state index in [0.717, 1.165) is 49.3 Å². The Hall–Kier alpha value is -2.98. The first-order valence-electron chi connectivity index (χ1n) is 11.4. The number of rotatable bonds is 3. The summed E-state index contributed by atoms with van der Waals surface area (Å²) in [4.78, 5) is 17.8. The second-order valence-electron chi connectivity index (χ2n) is 9.47. The molecule has 32 heavy (non-hydrogen) atoms.